The lowest BCUT2D eigenvalue weighted by Gasteiger charge is -2.11. The number of nitrogens with zero attached hydrogens (tertiary/aromatic N) is 7. The minimum Gasteiger partial charge on any atom is -0.299 e. The molecule has 10 aromatic rings. The standard InChI is InChI=1S/C47H31N7/c1-4-14-32(15-5-1)41-43(53-30-12-10-20-39(53)48-41)34-22-26-37(27-23-34)46-50-45(36-18-8-3-9-19-36)51-47(52-46)38-28-24-35(25-29-38)44-42(33-16-6-2-7-17-33)49-40-21-11-13-31-54(40)44/h1-31H. The van der Waals surface area contributed by atoms with E-state index in [1.165, 1.54) is 0 Å². The SMILES string of the molecule is c1ccc(-c2nc(-c3ccc(-c4c(-c5ccccc5)nc5ccccn45)cc3)nc(-c3ccc(-c4c(-c5ccccc5)nc5ccccn45)cc3)n2)cc1. The summed E-state index contributed by atoms with van der Waals surface area (Å²) in [6.45, 7) is 0. The third-order valence-electron chi connectivity index (χ3n) is 9.65. The van der Waals surface area contributed by atoms with Crippen LogP contribution in [0.1, 0.15) is 0 Å². The zero-order valence-corrected chi connectivity index (χ0v) is 29.0. The highest BCUT2D eigenvalue weighted by Crippen LogP contribution is 2.36. The molecular weight excluding hydrogens is 663 g/mol. The zero-order chi connectivity index (χ0) is 35.8. The van der Waals surface area contributed by atoms with E-state index in [0.29, 0.717) is 17.5 Å². The Morgan fingerprint density at radius 1 is 0.259 bits per heavy atom. The van der Waals surface area contributed by atoms with Crippen LogP contribution in [-0.4, -0.2) is 33.7 Å². The van der Waals surface area contributed by atoms with Gasteiger partial charge in [0.05, 0.1) is 22.8 Å². The predicted molar refractivity (Wildman–Crippen MR) is 215 cm³/mol. The summed E-state index contributed by atoms with van der Waals surface area (Å²) >= 11 is 0. The van der Waals surface area contributed by atoms with E-state index < -0.39 is 0 Å². The Balaban J connectivity index is 1.06. The summed E-state index contributed by atoms with van der Waals surface area (Å²) in [6, 6.07) is 59.7. The van der Waals surface area contributed by atoms with Gasteiger partial charge in [-0.15, -0.1) is 0 Å². The van der Waals surface area contributed by atoms with Gasteiger partial charge < -0.3 is 0 Å². The maximum absolute atomic E-state index is 5.06. The van der Waals surface area contributed by atoms with Crippen LogP contribution in [0.2, 0.25) is 0 Å². The summed E-state index contributed by atoms with van der Waals surface area (Å²) < 4.78 is 4.29. The lowest BCUT2D eigenvalue weighted by Crippen LogP contribution is -2.00. The van der Waals surface area contributed by atoms with E-state index >= 15 is 0 Å². The van der Waals surface area contributed by atoms with E-state index in [-0.39, 0.29) is 0 Å². The van der Waals surface area contributed by atoms with E-state index in [1.54, 1.807) is 0 Å². The molecule has 7 nitrogen and oxygen atoms in total. The van der Waals surface area contributed by atoms with Gasteiger partial charge in [-0.25, -0.2) is 24.9 Å². The molecule has 0 atom stereocenters. The molecule has 0 N–H and O–H groups in total. The van der Waals surface area contributed by atoms with Crippen LogP contribution >= 0.6 is 0 Å². The summed E-state index contributed by atoms with van der Waals surface area (Å²) in [5.74, 6) is 1.82. The number of aromatic nitrogens is 7. The fourth-order valence-corrected chi connectivity index (χ4v) is 7.04. The van der Waals surface area contributed by atoms with Crippen molar-refractivity contribution in [2.75, 3.05) is 0 Å². The topological polar surface area (TPSA) is 73.3 Å². The molecule has 54 heavy (non-hydrogen) atoms. The van der Waals surface area contributed by atoms with Crippen molar-refractivity contribution < 1.29 is 0 Å². The van der Waals surface area contributed by atoms with Crippen LogP contribution in [0.4, 0.5) is 0 Å². The van der Waals surface area contributed by atoms with E-state index in [4.69, 9.17) is 24.9 Å². The summed E-state index contributed by atoms with van der Waals surface area (Å²) in [4.78, 5) is 25.1. The van der Waals surface area contributed by atoms with Gasteiger partial charge >= 0.3 is 0 Å². The van der Waals surface area contributed by atoms with Gasteiger partial charge in [0.2, 0.25) is 0 Å². The van der Waals surface area contributed by atoms with Gasteiger partial charge in [0.15, 0.2) is 17.5 Å². The number of fused-ring (bicyclic) bond motifs is 2. The third-order valence-corrected chi connectivity index (χ3v) is 9.65. The number of pyridine rings is 2. The van der Waals surface area contributed by atoms with E-state index in [9.17, 15) is 0 Å². The minimum absolute atomic E-state index is 0.601. The summed E-state index contributed by atoms with van der Waals surface area (Å²) in [7, 11) is 0. The minimum atomic E-state index is 0.601. The second kappa shape index (κ2) is 13.2. The van der Waals surface area contributed by atoms with Crippen molar-refractivity contribution >= 4 is 11.3 Å². The molecule has 10 rings (SSSR count). The molecule has 0 saturated carbocycles. The van der Waals surface area contributed by atoms with Crippen LogP contribution in [0.5, 0.6) is 0 Å². The molecule has 0 bridgehead atoms. The van der Waals surface area contributed by atoms with Crippen molar-refractivity contribution in [2.24, 2.45) is 0 Å². The quantitative estimate of drug-likeness (QED) is 0.166. The number of imidazole rings is 2. The van der Waals surface area contributed by atoms with Gasteiger partial charge in [0.1, 0.15) is 11.3 Å². The fourth-order valence-electron chi connectivity index (χ4n) is 7.04. The average molecular weight is 694 g/mol. The number of hydrogen-bond acceptors (Lipinski definition) is 5. The normalized spacial score (nSPS) is 11.3. The highest BCUT2D eigenvalue weighted by molar-refractivity contribution is 5.84. The Kier molecular flexibility index (Phi) is 7.66. The van der Waals surface area contributed by atoms with E-state index in [1.807, 2.05) is 103 Å². The van der Waals surface area contributed by atoms with Crippen LogP contribution in [0.25, 0.3) is 90.5 Å². The third kappa shape index (κ3) is 5.61. The Hall–Kier alpha value is -7.51. The lowest BCUT2D eigenvalue weighted by atomic mass is 10.0. The molecule has 0 saturated heterocycles. The summed E-state index contributed by atoms with van der Waals surface area (Å²) in [5.41, 5.74) is 12.7. The molecule has 7 heteroatoms. The molecule has 0 amide bonds. The Morgan fingerprint density at radius 3 is 0.963 bits per heavy atom. The number of rotatable bonds is 7. The molecule has 254 valence electrons. The van der Waals surface area contributed by atoms with E-state index in [2.05, 4.69) is 94.0 Å². The molecule has 0 unspecified atom stereocenters. The van der Waals surface area contributed by atoms with Crippen molar-refractivity contribution in [3.8, 4) is 79.2 Å². The van der Waals surface area contributed by atoms with Crippen molar-refractivity contribution in [3.63, 3.8) is 0 Å². The first-order valence-electron chi connectivity index (χ1n) is 17.8. The smallest absolute Gasteiger partial charge is 0.164 e. The van der Waals surface area contributed by atoms with Crippen molar-refractivity contribution in [3.05, 3.63) is 188 Å². The molecule has 0 aliphatic carbocycles. The second-order valence-corrected chi connectivity index (χ2v) is 13.0. The molecular formula is C47H31N7. The molecule has 5 heterocycles. The summed E-state index contributed by atoms with van der Waals surface area (Å²) in [5, 5.41) is 0. The molecule has 0 fully saturated rings. The maximum atomic E-state index is 5.06. The Labute approximate surface area is 311 Å². The first-order chi connectivity index (χ1) is 26.8. The van der Waals surface area contributed by atoms with Crippen LogP contribution < -0.4 is 0 Å². The Bertz CT molecular complexity index is 2720. The Morgan fingerprint density at radius 2 is 0.574 bits per heavy atom. The van der Waals surface area contributed by atoms with Gasteiger partial charge in [-0.05, 0) is 24.3 Å². The number of benzene rings is 5. The van der Waals surface area contributed by atoms with Gasteiger partial charge in [0.25, 0.3) is 0 Å². The van der Waals surface area contributed by atoms with Crippen molar-refractivity contribution in [2.45, 2.75) is 0 Å². The largest absolute Gasteiger partial charge is 0.299 e. The van der Waals surface area contributed by atoms with Gasteiger partial charge in [0, 0.05) is 51.3 Å². The molecule has 5 aromatic heterocycles. The monoisotopic (exact) mass is 693 g/mol. The predicted octanol–water partition coefficient (Wildman–Crippen LogP) is 10.8. The molecule has 0 aliphatic rings. The number of hydrogen-bond donors (Lipinski definition) is 0. The van der Waals surface area contributed by atoms with Crippen LogP contribution in [0, 0.1) is 0 Å². The molecule has 0 spiro atoms. The highest BCUT2D eigenvalue weighted by atomic mass is 15.0. The molecule has 0 aliphatic heterocycles. The van der Waals surface area contributed by atoms with Crippen LogP contribution in [-0.2, 0) is 0 Å². The van der Waals surface area contributed by atoms with Gasteiger partial charge in [-0.2, -0.15) is 0 Å². The van der Waals surface area contributed by atoms with Gasteiger partial charge in [-0.1, -0.05) is 152 Å². The zero-order valence-electron chi connectivity index (χ0n) is 29.0. The molecule has 0 radical (unpaired) electrons. The summed E-state index contributed by atoms with van der Waals surface area (Å²) in [6.07, 6.45) is 4.12. The fraction of sp³-hybridized carbons (Fsp3) is 0. The lowest BCUT2D eigenvalue weighted by molar-refractivity contribution is 1.07. The van der Waals surface area contributed by atoms with Gasteiger partial charge in [-0.3, -0.25) is 8.80 Å². The second-order valence-electron chi connectivity index (χ2n) is 13.0. The van der Waals surface area contributed by atoms with Crippen molar-refractivity contribution in [1.82, 2.24) is 33.7 Å². The van der Waals surface area contributed by atoms with E-state index in [0.717, 1.165) is 73.0 Å². The van der Waals surface area contributed by atoms with Crippen LogP contribution in [0.15, 0.2) is 188 Å². The molecule has 5 aromatic carbocycles. The van der Waals surface area contributed by atoms with Crippen LogP contribution in [0.3, 0.4) is 0 Å². The first kappa shape index (κ1) is 31.2. The maximum Gasteiger partial charge on any atom is 0.164 e. The average Bonchev–Trinajstić information content (AvgIpc) is 3.84. The van der Waals surface area contributed by atoms with Crippen molar-refractivity contribution in [1.29, 1.82) is 0 Å². The highest BCUT2D eigenvalue weighted by Gasteiger charge is 2.19. The first-order valence-corrected chi connectivity index (χ1v) is 17.8.